The zero-order chi connectivity index (χ0) is 20.1. The molecule has 0 fully saturated rings. The number of hydroxylamine groups is 1. The highest BCUT2D eigenvalue weighted by atomic mass is 16.7. The molecule has 1 aromatic heterocycles. The number of hydrogen-bond acceptors (Lipinski definition) is 5. The van der Waals surface area contributed by atoms with Gasteiger partial charge < -0.3 is 14.8 Å². The first-order valence-electron chi connectivity index (χ1n) is 9.46. The Morgan fingerprint density at radius 3 is 2.79 bits per heavy atom. The first-order valence-corrected chi connectivity index (χ1v) is 9.46. The topological polar surface area (TPSA) is 101 Å². The van der Waals surface area contributed by atoms with Crippen molar-refractivity contribution in [1.82, 2.24) is 10.5 Å². The first-order chi connectivity index (χ1) is 13.5. The third-order valence-corrected chi connectivity index (χ3v) is 4.69. The number of H-pyrrole nitrogens is 1. The molecular formula is C21H24N2O5. The summed E-state index contributed by atoms with van der Waals surface area (Å²) in [6.45, 7) is 4.02. The minimum atomic E-state index is -1.80. The molecule has 0 radical (unpaired) electrons. The molecule has 1 aliphatic rings. The molecule has 2 aromatic rings. The Labute approximate surface area is 163 Å². The van der Waals surface area contributed by atoms with Crippen LogP contribution in [0, 0.1) is 0 Å². The van der Waals surface area contributed by atoms with Gasteiger partial charge in [-0.15, -0.1) is 0 Å². The van der Waals surface area contributed by atoms with Gasteiger partial charge in [0, 0.05) is 17.6 Å². The molecule has 1 atom stereocenters. The molecule has 1 aromatic carbocycles. The predicted molar refractivity (Wildman–Crippen MR) is 104 cm³/mol. The van der Waals surface area contributed by atoms with Gasteiger partial charge in [-0.2, -0.15) is 0 Å². The van der Waals surface area contributed by atoms with Gasteiger partial charge in [-0.05, 0) is 30.9 Å². The number of fused-ring (bicyclic) bond motifs is 1. The average Bonchev–Trinajstić information content (AvgIpc) is 3.24. The standard InChI is InChI=1S/C21H24N2O5/c1-3-5-8-11-21(26)19(16-12-14-9-6-7-10-15(14)22-16)18(17(13-24)28-21)20(25)23-27-4-2/h6-7,9-10,12,22,26H,3-5,8,11H2,1-2H3,(H,23,25). The van der Waals surface area contributed by atoms with E-state index in [9.17, 15) is 14.7 Å². The van der Waals surface area contributed by atoms with Crippen molar-refractivity contribution < 1.29 is 24.3 Å². The van der Waals surface area contributed by atoms with E-state index in [0.717, 1.165) is 23.7 Å². The molecule has 0 saturated carbocycles. The highest BCUT2D eigenvalue weighted by Crippen LogP contribution is 2.45. The Morgan fingerprint density at radius 1 is 1.32 bits per heavy atom. The van der Waals surface area contributed by atoms with Gasteiger partial charge in [0.05, 0.1) is 12.2 Å². The van der Waals surface area contributed by atoms with E-state index in [0.29, 0.717) is 12.1 Å². The number of unbranched alkanes of at least 4 members (excludes halogenated alkanes) is 2. The summed E-state index contributed by atoms with van der Waals surface area (Å²) >= 11 is 0. The van der Waals surface area contributed by atoms with Gasteiger partial charge in [0.25, 0.3) is 5.91 Å². The van der Waals surface area contributed by atoms with Crippen molar-refractivity contribution in [3.05, 3.63) is 47.4 Å². The van der Waals surface area contributed by atoms with Crippen LogP contribution in [0.25, 0.3) is 16.5 Å². The third-order valence-electron chi connectivity index (χ3n) is 4.69. The molecular weight excluding hydrogens is 360 g/mol. The Bertz CT molecular complexity index is 922. The number of carbonyl (C=O) groups is 1. The summed E-state index contributed by atoms with van der Waals surface area (Å²) in [5, 5.41) is 12.2. The fourth-order valence-electron chi connectivity index (χ4n) is 3.40. The summed E-state index contributed by atoms with van der Waals surface area (Å²) in [6.07, 6.45) is 2.74. The first kappa shape index (κ1) is 19.9. The summed E-state index contributed by atoms with van der Waals surface area (Å²) in [7, 11) is 0. The van der Waals surface area contributed by atoms with Crippen LogP contribution in [-0.2, 0) is 19.2 Å². The lowest BCUT2D eigenvalue weighted by molar-refractivity contribution is -0.130. The van der Waals surface area contributed by atoms with Crippen LogP contribution in [0.2, 0.25) is 0 Å². The fourth-order valence-corrected chi connectivity index (χ4v) is 3.40. The van der Waals surface area contributed by atoms with E-state index in [1.54, 1.807) is 12.9 Å². The minimum Gasteiger partial charge on any atom is -0.446 e. The summed E-state index contributed by atoms with van der Waals surface area (Å²) in [6, 6.07) is 9.40. The van der Waals surface area contributed by atoms with Crippen LogP contribution in [0.1, 0.15) is 45.2 Å². The minimum absolute atomic E-state index is 0.0750. The van der Waals surface area contributed by atoms with Crippen LogP contribution in [0.15, 0.2) is 41.7 Å². The predicted octanol–water partition coefficient (Wildman–Crippen LogP) is 3.00. The average molecular weight is 384 g/mol. The van der Waals surface area contributed by atoms with Gasteiger partial charge in [-0.1, -0.05) is 38.0 Å². The number of nitrogens with one attached hydrogen (secondary N) is 2. The maximum Gasteiger partial charge on any atom is 0.280 e. The van der Waals surface area contributed by atoms with Gasteiger partial charge in [-0.25, -0.2) is 10.3 Å². The maximum atomic E-state index is 12.7. The molecule has 2 heterocycles. The molecule has 0 aliphatic carbocycles. The van der Waals surface area contributed by atoms with Crippen LogP contribution in [0.4, 0.5) is 0 Å². The monoisotopic (exact) mass is 384 g/mol. The van der Waals surface area contributed by atoms with E-state index in [4.69, 9.17) is 9.57 Å². The maximum absolute atomic E-state index is 12.7. The number of carbonyl (C=O) groups excluding carboxylic acids is 2. The number of ether oxygens (including phenoxy) is 1. The van der Waals surface area contributed by atoms with Gasteiger partial charge in [0.15, 0.2) is 5.94 Å². The van der Waals surface area contributed by atoms with Gasteiger partial charge in [-0.3, -0.25) is 9.63 Å². The van der Waals surface area contributed by atoms with Gasteiger partial charge in [0.2, 0.25) is 11.5 Å². The Hall–Kier alpha value is -2.86. The molecule has 3 rings (SSSR count). The second-order valence-corrected chi connectivity index (χ2v) is 6.66. The molecule has 3 N–H and O–H groups in total. The van der Waals surface area contributed by atoms with E-state index in [1.807, 2.05) is 37.3 Å². The molecule has 1 amide bonds. The van der Waals surface area contributed by atoms with Gasteiger partial charge >= 0.3 is 0 Å². The zero-order valence-electron chi connectivity index (χ0n) is 16.0. The molecule has 28 heavy (non-hydrogen) atoms. The molecule has 7 heteroatoms. The smallest absolute Gasteiger partial charge is 0.280 e. The van der Waals surface area contributed by atoms with E-state index < -0.39 is 11.7 Å². The molecule has 148 valence electrons. The lowest BCUT2D eigenvalue weighted by Gasteiger charge is -2.25. The molecule has 0 spiro atoms. The highest BCUT2D eigenvalue weighted by molar-refractivity contribution is 6.09. The molecule has 0 saturated heterocycles. The quantitative estimate of drug-likeness (QED) is 0.369. The number of amides is 1. The van der Waals surface area contributed by atoms with Crippen LogP contribution in [0.3, 0.4) is 0 Å². The van der Waals surface area contributed by atoms with Crippen molar-refractivity contribution in [2.45, 2.75) is 45.3 Å². The lowest BCUT2D eigenvalue weighted by atomic mass is 9.93. The SMILES string of the molecule is CCCCCC1(O)OC(=C=O)C(C(=O)NOCC)=C1c1cc2ccccc2[nH]1. The van der Waals surface area contributed by atoms with Crippen molar-refractivity contribution in [2.75, 3.05) is 6.61 Å². The zero-order valence-corrected chi connectivity index (χ0v) is 16.0. The third kappa shape index (κ3) is 3.73. The summed E-state index contributed by atoms with van der Waals surface area (Å²) < 4.78 is 5.56. The van der Waals surface area contributed by atoms with E-state index in [1.165, 1.54) is 0 Å². The van der Waals surface area contributed by atoms with Crippen LogP contribution >= 0.6 is 0 Å². The van der Waals surface area contributed by atoms with Crippen molar-refractivity contribution in [3.8, 4) is 0 Å². The second-order valence-electron chi connectivity index (χ2n) is 6.66. The molecule has 1 aliphatic heterocycles. The molecule has 1 unspecified atom stereocenters. The lowest BCUT2D eigenvalue weighted by Crippen LogP contribution is -2.30. The van der Waals surface area contributed by atoms with E-state index in [2.05, 4.69) is 10.5 Å². The number of aromatic amines is 1. The van der Waals surface area contributed by atoms with Crippen molar-refractivity contribution in [1.29, 1.82) is 0 Å². The number of aliphatic hydroxyl groups is 1. The fraction of sp³-hybridized carbons (Fsp3) is 0.381. The largest absolute Gasteiger partial charge is 0.446 e. The van der Waals surface area contributed by atoms with Crippen LogP contribution in [-0.4, -0.2) is 34.3 Å². The van der Waals surface area contributed by atoms with Crippen LogP contribution in [0.5, 0.6) is 0 Å². The Morgan fingerprint density at radius 2 is 2.11 bits per heavy atom. The number of hydrogen-bond donors (Lipinski definition) is 3. The number of benzene rings is 1. The Kier molecular flexibility index (Phi) is 5.99. The molecule has 0 bridgehead atoms. The second kappa shape index (κ2) is 8.44. The Balaban J connectivity index is 2.15. The van der Waals surface area contributed by atoms with Crippen molar-refractivity contribution >= 4 is 28.3 Å². The van der Waals surface area contributed by atoms with E-state index >= 15 is 0 Å². The van der Waals surface area contributed by atoms with E-state index in [-0.39, 0.29) is 29.9 Å². The normalized spacial score (nSPS) is 19.0. The molecule has 7 nitrogen and oxygen atoms in total. The highest BCUT2D eigenvalue weighted by Gasteiger charge is 2.48. The number of rotatable bonds is 8. The summed E-state index contributed by atoms with van der Waals surface area (Å²) in [5.41, 5.74) is 3.77. The number of aromatic nitrogens is 1. The van der Waals surface area contributed by atoms with Crippen molar-refractivity contribution in [2.24, 2.45) is 0 Å². The van der Waals surface area contributed by atoms with Crippen molar-refractivity contribution in [3.63, 3.8) is 0 Å². The number of para-hydroxylation sites is 1. The summed E-state index contributed by atoms with van der Waals surface area (Å²) in [4.78, 5) is 32.4. The summed E-state index contributed by atoms with van der Waals surface area (Å²) in [5.74, 6) is -1.15. The van der Waals surface area contributed by atoms with Crippen LogP contribution < -0.4 is 5.48 Å². The van der Waals surface area contributed by atoms with Gasteiger partial charge in [0.1, 0.15) is 5.57 Å².